The van der Waals surface area contributed by atoms with Gasteiger partial charge >= 0.3 is 6.03 Å². The van der Waals surface area contributed by atoms with Gasteiger partial charge < -0.3 is 5.73 Å². The Morgan fingerprint density at radius 1 is 0.591 bits per heavy atom. The van der Waals surface area contributed by atoms with E-state index in [4.69, 9.17) is 10.7 Å². The lowest BCUT2D eigenvalue weighted by molar-refractivity contribution is 0.230. The van der Waals surface area contributed by atoms with Crippen LogP contribution in [-0.2, 0) is 0 Å². The molecule has 4 nitrogen and oxygen atoms in total. The lowest BCUT2D eigenvalue weighted by Gasteiger charge is -2.16. The summed E-state index contributed by atoms with van der Waals surface area (Å²) in [6.07, 6.45) is 48.6. The number of nitrogens with two attached hydrogens (primary N) is 1. The molecular weight excluding hydrogens is 538 g/mol. The number of aliphatic imine (C=N–C) groups is 1. The second-order valence-corrected chi connectivity index (χ2v) is 13.6. The van der Waals surface area contributed by atoms with E-state index in [-0.39, 0.29) is 12.1 Å². The molecule has 0 aliphatic carbocycles. The molecule has 1 rings (SSSR count). The van der Waals surface area contributed by atoms with Crippen LogP contribution in [0.2, 0.25) is 0 Å². The number of amidine groups is 1. The number of urea groups is 1. The minimum Gasteiger partial charge on any atom is -0.351 e. The predicted molar refractivity (Wildman–Crippen MR) is 196 cm³/mol. The largest absolute Gasteiger partial charge is 0.351 e. The number of carbonyl (C=O) groups is 1. The smallest absolute Gasteiger partial charge is 0.320 e. The van der Waals surface area contributed by atoms with Crippen LogP contribution < -0.4 is 5.73 Å². The van der Waals surface area contributed by atoms with Gasteiger partial charge in [-0.1, -0.05) is 160 Å². The normalized spacial score (nSPS) is 15.3. The third-order valence-corrected chi connectivity index (χ3v) is 9.26. The molecule has 2 N–H and O–H groups in total. The van der Waals surface area contributed by atoms with Gasteiger partial charge in [-0.25, -0.2) is 4.79 Å². The van der Waals surface area contributed by atoms with Crippen molar-refractivity contribution in [3.8, 4) is 0 Å². The van der Waals surface area contributed by atoms with Crippen molar-refractivity contribution in [2.75, 3.05) is 6.54 Å². The first-order chi connectivity index (χ1) is 21.7. The van der Waals surface area contributed by atoms with E-state index in [2.05, 4.69) is 38.2 Å². The van der Waals surface area contributed by atoms with E-state index in [0.29, 0.717) is 6.54 Å². The Kier molecular flexibility index (Phi) is 28.9. The molecule has 0 aromatic rings. The van der Waals surface area contributed by atoms with Gasteiger partial charge in [0.1, 0.15) is 5.84 Å². The molecule has 0 saturated heterocycles. The average molecular weight is 614 g/mol. The van der Waals surface area contributed by atoms with E-state index in [9.17, 15) is 4.79 Å². The molecular formula is C40H75N3O. The molecule has 0 saturated carbocycles. The second-order valence-electron chi connectivity index (χ2n) is 13.6. The fourth-order valence-corrected chi connectivity index (χ4v) is 6.37. The summed E-state index contributed by atoms with van der Waals surface area (Å²) >= 11 is 0. The fourth-order valence-electron chi connectivity index (χ4n) is 6.37. The SMILES string of the molecule is CCCCCCCCC=CCCCCCCCCC1=NC(CCCCCCCCC=CCCCCCCCC)CN1C(N)=O. The first-order valence-corrected chi connectivity index (χ1v) is 19.6. The van der Waals surface area contributed by atoms with Crippen molar-refractivity contribution in [3.63, 3.8) is 0 Å². The van der Waals surface area contributed by atoms with E-state index in [1.54, 1.807) is 4.90 Å². The van der Waals surface area contributed by atoms with Crippen LogP contribution in [0.4, 0.5) is 4.79 Å². The predicted octanol–water partition coefficient (Wildman–Crippen LogP) is 13.0. The zero-order valence-corrected chi connectivity index (χ0v) is 29.7. The highest BCUT2D eigenvalue weighted by molar-refractivity contribution is 5.98. The highest BCUT2D eigenvalue weighted by Gasteiger charge is 2.27. The Morgan fingerprint density at radius 3 is 1.36 bits per heavy atom. The molecule has 44 heavy (non-hydrogen) atoms. The van der Waals surface area contributed by atoms with Crippen molar-refractivity contribution in [2.45, 2.75) is 213 Å². The molecule has 1 atom stereocenters. The molecule has 1 aliphatic rings. The molecule has 2 amide bonds. The van der Waals surface area contributed by atoms with E-state index < -0.39 is 0 Å². The van der Waals surface area contributed by atoms with Crippen molar-refractivity contribution in [1.29, 1.82) is 0 Å². The van der Waals surface area contributed by atoms with Crippen molar-refractivity contribution in [2.24, 2.45) is 10.7 Å². The first-order valence-electron chi connectivity index (χ1n) is 19.6. The van der Waals surface area contributed by atoms with Crippen LogP contribution in [0.1, 0.15) is 206 Å². The van der Waals surface area contributed by atoms with Crippen LogP contribution in [0.3, 0.4) is 0 Å². The summed E-state index contributed by atoms with van der Waals surface area (Å²) in [6.45, 7) is 5.26. The number of hydrogen-bond acceptors (Lipinski definition) is 2. The van der Waals surface area contributed by atoms with Crippen LogP contribution in [0.5, 0.6) is 0 Å². The summed E-state index contributed by atoms with van der Waals surface area (Å²) in [4.78, 5) is 18.7. The van der Waals surface area contributed by atoms with Gasteiger partial charge in [-0.2, -0.15) is 0 Å². The molecule has 0 bridgehead atoms. The first kappa shape index (κ1) is 40.4. The zero-order valence-electron chi connectivity index (χ0n) is 29.7. The maximum atomic E-state index is 12.0. The van der Waals surface area contributed by atoms with Crippen LogP contribution in [0.25, 0.3) is 0 Å². The van der Waals surface area contributed by atoms with Crippen LogP contribution in [-0.4, -0.2) is 29.4 Å². The summed E-state index contributed by atoms with van der Waals surface area (Å²) in [5.74, 6) is 0.947. The lowest BCUT2D eigenvalue weighted by Crippen LogP contribution is -2.39. The van der Waals surface area contributed by atoms with Crippen molar-refractivity contribution >= 4 is 11.9 Å². The van der Waals surface area contributed by atoms with Crippen molar-refractivity contribution < 1.29 is 4.79 Å². The van der Waals surface area contributed by atoms with Gasteiger partial charge in [0, 0.05) is 6.42 Å². The summed E-state index contributed by atoms with van der Waals surface area (Å²) in [5, 5.41) is 0. The van der Waals surface area contributed by atoms with E-state index in [0.717, 1.165) is 25.1 Å². The van der Waals surface area contributed by atoms with Crippen molar-refractivity contribution in [1.82, 2.24) is 4.90 Å². The summed E-state index contributed by atoms with van der Waals surface area (Å²) in [7, 11) is 0. The Hall–Kier alpha value is -1.58. The van der Waals surface area contributed by atoms with E-state index >= 15 is 0 Å². The second kappa shape index (κ2) is 31.4. The van der Waals surface area contributed by atoms with Gasteiger partial charge in [0.25, 0.3) is 0 Å². The van der Waals surface area contributed by atoms with E-state index in [1.165, 1.54) is 173 Å². The average Bonchev–Trinajstić information content (AvgIpc) is 3.44. The zero-order chi connectivity index (χ0) is 31.8. The molecule has 1 heterocycles. The van der Waals surface area contributed by atoms with Crippen LogP contribution in [0, 0.1) is 0 Å². The topological polar surface area (TPSA) is 58.7 Å². The number of carbonyl (C=O) groups excluding carboxylic acids is 1. The molecule has 0 radical (unpaired) electrons. The maximum absolute atomic E-state index is 12.0. The lowest BCUT2D eigenvalue weighted by atomic mass is 10.0. The molecule has 4 heteroatoms. The van der Waals surface area contributed by atoms with Crippen molar-refractivity contribution in [3.05, 3.63) is 24.3 Å². The fraction of sp³-hybridized carbons (Fsp3) is 0.850. The number of allylic oxidation sites excluding steroid dienone is 4. The van der Waals surface area contributed by atoms with E-state index in [1.807, 2.05) is 0 Å². The third kappa shape index (κ3) is 24.7. The van der Waals surface area contributed by atoms with Gasteiger partial charge in [-0.3, -0.25) is 9.89 Å². The molecule has 1 aliphatic heterocycles. The monoisotopic (exact) mass is 614 g/mol. The standard InChI is InChI=1S/C40H75N3O/c1-3-5-7-9-11-13-15-17-19-21-23-25-27-29-31-33-35-38-37-43(40(41)44)39(42-38)36-34-32-30-28-26-24-22-20-18-16-14-12-10-8-6-4-2/h17-20,38H,3-16,21-37H2,1-2H3,(H2,41,44). The Morgan fingerprint density at radius 2 is 0.955 bits per heavy atom. The highest BCUT2D eigenvalue weighted by Crippen LogP contribution is 2.20. The summed E-state index contributed by atoms with van der Waals surface area (Å²) < 4.78 is 0. The molecule has 0 aromatic carbocycles. The number of primary amides is 1. The number of nitrogens with zero attached hydrogens (tertiary/aromatic N) is 2. The van der Waals surface area contributed by atoms with Gasteiger partial charge in [0.2, 0.25) is 0 Å². The summed E-state index contributed by atoms with van der Waals surface area (Å²) in [6, 6.07) is -0.0692. The number of unbranched alkanes of at least 4 members (excludes halogenated alkanes) is 24. The molecule has 0 fully saturated rings. The minimum atomic E-state index is -0.322. The number of rotatable bonds is 32. The summed E-state index contributed by atoms with van der Waals surface area (Å²) in [5.41, 5.74) is 5.70. The van der Waals surface area contributed by atoms with Gasteiger partial charge in [-0.15, -0.1) is 0 Å². The van der Waals surface area contributed by atoms with Crippen LogP contribution >= 0.6 is 0 Å². The molecule has 256 valence electrons. The minimum absolute atomic E-state index is 0.253. The maximum Gasteiger partial charge on any atom is 0.320 e. The molecule has 1 unspecified atom stereocenters. The van der Waals surface area contributed by atoms with Gasteiger partial charge in [0.05, 0.1) is 12.6 Å². The van der Waals surface area contributed by atoms with Gasteiger partial charge in [-0.05, 0) is 64.2 Å². The Labute approximate surface area is 275 Å². The third-order valence-electron chi connectivity index (χ3n) is 9.26. The van der Waals surface area contributed by atoms with Crippen LogP contribution in [0.15, 0.2) is 29.3 Å². The molecule has 0 spiro atoms. The Bertz CT molecular complexity index is 728. The highest BCUT2D eigenvalue weighted by atomic mass is 16.2. The number of amides is 2. The Balaban J connectivity index is 1.99. The quantitative estimate of drug-likeness (QED) is 0.0595. The number of hydrogen-bond donors (Lipinski definition) is 1. The van der Waals surface area contributed by atoms with Gasteiger partial charge in [0.15, 0.2) is 0 Å². The molecule has 0 aromatic heterocycles.